The summed E-state index contributed by atoms with van der Waals surface area (Å²) in [5, 5.41) is 0. The van der Waals surface area contributed by atoms with E-state index in [4.69, 9.17) is 10.5 Å². The maximum Gasteiger partial charge on any atom is 0.0743 e. The van der Waals surface area contributed by atoms with E-state index in [9.17, 15) is 0 Å². The van der Waals surface area contributed by atoms with Gasteiger partial charge in [-0.2, -0.15) is 0 Å². The minimum Gasteiger partial charge on any atom is -0.377 e. The van der Waals surface area contributed by atoms with Gasteiger partial charge in [0.15, 0.2) is 0 Å². The Morgan fingerprint density at radius 1 is 1.47 bits per heavy atom. The van der Waals surface area contributed by atoms with E-state index >= 15 is 0 Å². The maximum absolute atomic E-state index is 5.92. The van der Waals surface area contributed by atoms with Crippen molar-refractivity contribution in [2.24, 2.45) is 11.7 Å². The summed E-state index contributed by atoms with van der Waals surface area (Å²) < 4.78 is 5.78. The fourth-order valence-electron chi connectivity index (χ4n) is 3.20. The summed E-state index contributed by atoms with van der Waals surface area (Å²) in [6.45, 7) is 7.52. The summed E-state index contributed by atoms with van der Waals surface area (Å²) in [6, 6.07) is 1.13. The van der Waals surface area contributed by atoms with Crippen molar-refractivity contribution in [1.82, 2.24) is 4.90 Å². The van der Waals surface area contributed by atoms with Crippen LogP contribution in [0.2, 0.25) is 0 Å². The molecule has 0 aromatic rings. The molecule has 2 N–H and O–H groups in total. The van der Waals surface area contributed by atoms with Crippen molar-refractivity contribution in [1.29, 1.82) is 0 Å². The van der Waals surface area contributed by atoms with Gasteiger partial charge in [-0.25, -0.2) is 0 Å². The monoisotopic (exact) mass is 212 g/mol. The van der Waals surface area contributed by atoms with Crippen molar-refractivity contribution in [3.63, 3.8) is 0 Å². The summed E-state index contributed by atoms with van der Waals surface area (Å²) in [6.07, 6.45) is 4.10. The lowest BCUT2D eigenvalue weighted by Crippen LogP contribution is -2.49. The number of nitrogens with two attached hydrogens (primary N) is 1. The highest BCUT2D eigenvalue weighted by molar-refractivity contribution is 4.91. The number of likely N-dealkylation sites (tertiary alicyclic amines) is 1. The first-order valence-corrected chi connectivity index (χ1v) is 6.29. The molecular weight excluding hydrogens is 188 g/mol. The van der Waals surface area contributed by atoms with Gasteiger partial charge in [0.05, 0.1) is 6.10 Å². The molecule has 4 unspecified atom stereocenters. The molecule has 0 aromatic carbocycles. The molecule has 2 heterocycles. The lowest BCUT2D eigenvalue weighted by atomic mass is 10.1. The highest BCUT2D eigenvalue weighted by atomic mass is 16.5. The van der Waals surface area contributed by atoms with Crippen LogP contribution < -0.4 is 5.73 Å². The van der Waals surface area contributed by atoms with Gasteiger partial charge in [-0.15, -0.1) is 0 Å². The predicted molar refractivity (Wildman–Crippen MR) is 61.8 cm³/mol. The highest BCUT2D eigenvalue weighted by Crippen LogP contribution is 2.28. The van der Waals surface area contributed by atoms with Crippen LogP contribution >= 0.6 is 0 Å². The van der Waals surface area contributed by atoms with Gasteiger partial charge in [0.25, 0.3) is 0 Å². The van der Waals surface area contributed by atoms with Crippen molar-refractivity contribution >= 4 is 0 Å². The van der Waals surface area contributed by atoms with Gasteiger partial charge in [0.1, 0.15) is 0 Å². The number of rotatable bonds is 3. The lowest BCUT2D eigenvalue weighted by molar-refractivity contribution is 0.0236. The molecule has 4 atom stereocenters. The Bertz CT molecular complexity index is 204. The summed E-state index contributed by atoms with van der Waals surface area (Å²) in [5.41, 5.74) is 5.92. The smallest absolute Gasteiger partial charge is 0.0743 e. The molecule has 2 rings (SSSR count). The van der Waals surface area contributed by atoms with Crippen LogP contribution in [-0.4, -0.2) is 42.8 Å². The Labute approximate surface area is 93.0 Å². The Hall–Kier alpha value is -0.120. The van der Waals surface area contributed by atoms with Crippen molar-refractivity contribution in [3.8, 4) is 0 Å². The molecule has 0 amide bonds. The summed E-state index contributed by atoms with van der Waals surface area (Å²) in [4.78, 5) is 2.57. The molecule has 0 bridgehead atoms. The number of ether oxygens (including phenoxy) is 1. The minimum absolute atomic E-state index is 0.391. The fourth-order valence-corrected chi connectivity index (χ4v) is 3.20. The summed E-state index contributed by atoms with van der Waals surface area (Å²) in [7, 11) is 0. The standard InChI is InChI=1S/C12H24N2O/c1-9-6-10(2)14(8-9)11(7-13)12-4-3-5-15-12/h9-12H,3-8,13H2,1-2H3. The molecule has 3 heteroatoms. The predicted octanol–water partition coefficient (Wildman–Crippen LogP) is 1.22. The van der Waals surface area contributed by atoms with Crippen LogP contribution in [-0.2, 0) is 4.74 Å². The summed E-state index contributed by atoms with van der Waals surface area (Å²) in [5.74, 6) is 0.815. The SMILES string of the molecule is CC1CC(C)N(C(CN)C2CCCO2)C1. The van der Waals surface area contributed by atoms with Gasteiger partial charge in [-0.1, -0.05) is 6.92 Å². The van der Waals surface area contributed by atoms with E-state index in [0.29, 0.717) is 18.2 Å². The zero-order chi connectivity index (χ0) is 10.8. The summed E-state index contributed by atoms with van der Waals surface area (Å²) >= 11 is 0. The van der Waals surface area contributed by atoms with Crippen LogP contribution in [0.4, 0.5) is 0 Å². The first-order chi connectivity index (χ1) is 7.22. The largest absolute Gasteiger partial charge is 0.377 e. The average Bonchev–Trinajstić information content (AvgIpc) is 2.79. The second kappa shape index (κ2) is 4.81. The van der Waals surface area contributed by atoms with Gasteiger partial charge in [0, 0.05) is 31.8 Å². The van der Waals surface area contributed by atoms with Gasteiger partial charge >= 0.3 is 0 Å². The Morgan fingerprint density at radius 3 is 2.73 bits per heavy atom. The maximum atomic E-state index is 5.92. The average molecular weight is 212 g/mol. The molecule has 0 spiro atoms. The molecule has 0 radical (unpaired) electrons. The van der Waals surface area contributed by atoms with Crippen LogP contribution in [0.5, 0.6) is 0 Å². The zero-order valence-electron chi connectivity index (χ0n) is 9.98. The Balaban J connectivity index is 1.99. The van der Waals surface area contributed by atoms with E-state index in [-0.39, 0.29) is 0 Å². The van der Waals surface area contributed by atoms with Crippen LogP contribution in [0.3, 0.4) is 0 Å². The molecule has 2 fully saturated rings. The number of hydrogen-bond donors (Lipinski definition) is 1. The molecule has 15 heavy (non-hydrogen) atoms. The van der Waals surface area contributed by atoms with E-state index < -0.39 is 0 Å². The third kappa shape index (κ3) is 2.35. The van der Waals surface area contributed by atoms with Crippen LogP contribution in [0.15, 0.2) is 0 Å². The third-order valence-corrected chi connectivity index (χ3v) is 3.89. The van der Waals surface area contributed by atoms with Gasteiger partial charge < -0.3 is 10.5 Å². The van der Waals surface area contributed by atoms with Crippen molar-refractivity contribution in [3.05, 3.63) is 0 Å². The zero-order valence-corrected chi connectivity index (χ0v) is 9.98. The first kappa shape index (κ1) is 11.4. The van der Waals surface area contributed by atoms with Gasteiger partial charge in [-0.05, 0) is 32.1 Å². The quantitative estimate of drug-likeness (QED) is 0.764. The Morgan fingerprint density at radius 2 is 2.27 bits per heavy atom. The highest BCUT2D eigenvalue weighted by Gasteiger charge is 2.36. The Kier molecular flexibility index (Phi) is 3.65. The topological polar surface area (TPSA) is 38.5 Å². The second-order valence-electron chi connectivity index (χ2n) is 5.24. The van der Waals surface area contributed by atoms with E-state index in [1.54, 1.807) is 0 Å². The van der Waals surface area contributed by atoms with Gasteiger partial charge in [-0.3, -0.25) is 4.90 Å². The van der Waals surface area contributed by atoms with Crippen molar-refractivity contribution < 1.29 is 4.74 Å². The van der Waals surface area contributed by atoms with Crippen molar-refractivity contribution in [2.75, 3.05) is 19.7 Å². The normalized spacial score (nSPS) is 39.8. The second-order valence-corrected chi connectivity index (χ2v) is 5.24. The molecule has 2 saturated heterocycles. The lowest BCUT2D eigenvalue weighted by Gasteiger charge is -2.34. The molecule has 2 aliphatic rings. The molecular formula is C12H24N2O. The van der Waals surface area contributed by atoms with Gasteiger partial charge in [0.2, 0.25) is 0 Å². The number of nitrogens with zero attached hydrogens (tertiary/aromatic N) is 1. The van der Waals surface area contributed by atoms with Crippen molar-refractivity contribution in [2.45, 2.75) is 51.3 Å². The fraction of sp³-hybridized carbons (Fsp3) is 1.00. The van der Waals surface area contributed by atoms with Crippen LogP contribution in [0.1, 0.15) is 33.1 Å². The molecule has 0 saturated carbocycles. The molecule has 0 aliphatic carbocycles. The molecule has 0 aromatic heterocycles. The molecule has 88 valence electrons. The van der Waals surface area contributed by atoms with Crippen LogP contribution in [0.25, 0.3) is 0 Å². The number of hydrogen-bond acceptors (Lipinski definition) is 3. The van der Waals surface area contributed by atoms with Crippen LogP contribution in [0, 0.1) is 5.92 Å². The van der Waals surface area contributed by atoms with E-state index in [2.05, 4.69) is 18.7 Å². The minimum atomic E-state index is 0.391. The van der Waals surface area contributed by atoms with E-state index in [1.807, 2.05) is 0 Å². The van der Waals surface area contributed by atoms with E-state index in [0.717, 1.165) is 19.1 Å². The van der Waals surface area contributed by atoms with E-state index in [1.165, 1.54) is 25.8 Å². The molecule has 2 aliphatic heterocycles. The molecule has 3 nitrogen and oxygen atoms in total. The third-order valence-electron chi connectivity index (χ3n) is 3.89. The first-order valence-electron chi connectivity index (χ1n) is 6.29.